The van der Waals surface area contributed by atoms with Gasteiger partial charge in [0.15, 0.2) is 16.3 Å². The Labute approximate surface area is 255 Å². The van der Waals surface area contributed by atoms with Crippen molar-refractivity contribution in [2.24, 2.45) is 4.99 Å². The molecule has 4 heterocycles. The number of carbonyl (C=O) groups is 1. The zero-order valence-corrected chi connectivity index (χ0v) is 25.6. The van der Waals surface area contributed by atoms with Gasteiger partial charge in [-0.05, 0) is 61.2 Å². The molecule has 0 fully saturated rings. The normalized spacial score (nSPS) is 14.8. The Hall–Kier alpha value is -4.74. The van der Waals surface area contributed by atoms with Crippen LogP contribution in [0.15, 0.2) is 93.3 Å². The summed E-state index contributed by atoms with van der Waals surface area (Å²) in [5.74, 6) is 0.490. The summed E-state index contributed by atoms with van der Waals surface area (Å²) >= 11 is 2.85. The van der Waals surface area contributed by atoms with Gasteiger partial charge in [0.2, 0.25) is 0 Å². The molecule has 43 heavy (non-hydrogen) atoms. The summed E-state index contributed by atoms with van der Waals surface area (Å²) in [7, 11) is 3.10. The summed E-state index contributed by atoms with van der Waals surface area (Å²) < 4.78 is 20.2. The van der Waals surface area contributed by atoms with Crippen molar-refractivity contribution in [2.75, 3.05) is 20.8 Å². The van der Waals surface area contributed by atoms with Crippen LogP contribution in [0.3, 0.4) is 0 Å². The molecule has 11 heteroatoms. The minimum atomic E-state index is -0.777. The van der Waals surface area contributed by atoms with Gasteiger partial charge in [0, 0.05) is 11.8 Å². The summed E-state index contributed by atoms with van der Waals surface area (Å²) in [6.45, 7) is 3.70. The Morgan fingerprint density at radius 3 is 2.53 bits per heavy atom. The minimum absolute atomic E-state index is 0.190. The van der Waals surface area contributed by atoms with Crippen LogP contribution < -0.4 is 24.4 Å². The van der Waals surface area contributed by atoms with Gasteiger partial charge in [0.1, 0.15) is 5.69 Å². The van der Waals surface area contributed by atoms with E-state index in [1.54, 1.807) is 56.1 Å². The van der Waals surface area contributed by atoms with Gasteiger partial charge in [-0.25, -0.2) is 14.5 Å². The van der Waals surface area contributed by atoms with E-state index >= 15 is 0 Å². The number of fused-ring (bicyclic) bond motifs is 1. The number of rotatable bonds is 8. The molecule has 0 unspecified atom stereocenters. The number of ether oxygens (including phenoxy) is 3. The van der Waals surface area contributed by atoms with E-state index in [2.05, 4.69) is 0 Å². The zero-order chi connectivity index (χ0) is 30.1. The molecule has 0 bridgehead atoms. The number of aromatic nitrogens is 3. The molecular formula is C32H28N4O5S2. The predicted molar refractivity (Wildman–Crippen MR) is 167 cm³/mol. The fraction of sp³-hybridized carbons (Fsp3) is 0.188. The van der Waals surface area contributed by atoms with Crippen LogP contribution in [0, 0.1) is 0 Å². The monoisotopic (exact) mass is 612 g/mol. The molecule has 218 valence electrons. The molecule has 9 nitrogen and oxygen atoms in total. The van der Waals surface area contributed by atoms with Gasteiger partial charge in [-0.1, -0.05) is 41.7 Å². The Morgan fingerprint density at radius 1 is 1.05 bits per heavy atom. The second kappa shape index (κ2) is 11.9. The van der Waals surface area contributed by atoms with Gasteiger partial charge in [-0.15, -0.1) is 11.3 Å². The number of hydrogen-bond donors (Lipinski definition) is 0. The molecule has 6 rings (SSSR count). The first-order valence-electron chi connectivity index (χ1n) is 13.5. The highest BCUT2D eigenvalue weighted by molar-refractivity contribution is 7.13. The minimum Gasteiger partial charge on any atom is -0.493 e. The third-order valence-corrected chi connectivity index (χ3v) is 8.90. The lowest BCUT2D eigenvalue weighted by Crippen LogP contribution is -2.40. The molecule has 1 aliphatic rings. The van der Waals surface area contributed by atoms with E-state index in [0.717, 1.165) is 21.8 Å². The highest BCUT2D eigenvalue weighted by Gasteiger charge is 2.34. The van der Waals surface area contributed by atoms with E-state index in [1.165, 1.54) is 11.3 Å². The first-order chi connectivity index (χ1) is 20.9. The molecule has 1 aliphatic heterocycles. The Kier molecular flexibility index (Phi) is 7.83. The molecule has 0 saturated heterocycles. The zero-order valence-electron chi connectivity index (χ0n) is 23.9. The molecule has 0 N–H and O–H groups in total. The molecule has 0 radical (unpaired) electrons. The highest BCUT2D eigenvalue weighted by Crippen LogP contribution is 2.36. The van der Waals surface area contributed by atoms with Crippen LogP contribution in [-0.2, 0) is 9.53 Å². The number of carbonyl (C=O) groups excluding carboxylic acids is 1. The molecule has 0 amide bonds. The standard InChI is InChI=1S/C32H28N4O5S2/c1-5-41-31(38)27-19(2)33-32-36(29(27)20-13-14-23(39-3)24(16-20)40-4)30(37)26(43-32)17-21-18-35(22-10-7-6-8-11-22)34-28(21)25-12-9-15-42-25/h6-18,29H,5H2,1-4H3/b26-17+/t29-/m1/s1. The number of thiophene rings is 1. The van der Waals surface area contributed by atoms with E-state index in [1.807, 2.05) is 70.9 Å². The van der Waals surface area contributed by atoms with Crippen molar-refractivity contribution in [3.05, 3.63) is 114 Å². The average molecular weight is 613 g/mol. The number of allylic oxidation sites excluding steroid dienone is 1. The summed E-state index contributed by atoms with van der Waals surface area (Å²) in [5, 5.41) is 6.87. The summed E-state index contributed by atoms with van der Waals surface area (Å²) in [5.41, 5.74) is 3.64. The molecule has 0 saturated carbocycles. The van der Waals surface area contributed by atoms with Gasteiger partial charge in [-0.2, -0.15) is 5.10 Å². The van der Waals surface area contributed by atoms with Crippen LogP contribution in [0.1, 0.15) is 31.0 Å². The summed E-state index contributed by atoms with van der Waals surface area (Å²) in [6.07, 6.45) is 3.77. The maximum absolute atomic E-state index is 14.2. The smallest absolute Gasteiger partial charge is 0.338 e. The van der Waals surface area contributed by atoms with Crippen LogP contribution >= 0.6 is 22.7 Å². The summed E-state index contributed by atoms with van der Waals surface area (Å²) in [4.78, 5) is 33.7. The van der Waals surface area contributed by atoms with E-state index < -0.39 is 12.0 Å². The second-order valence-corrected chi connectivity index (χ2v) is 11.6. The Balaban J connectivity index is 1.56. The van der Waals surface area contributed by atoms with Crippen molar-refractivity contribution in [2.45, 2.75) is 19.9 Å². The molecule has 5 aromatic rings. The molecule has 0 spiro atoms. The van der Waals surface area contributed by atoms with Crippen LogP contribution in [0.2, 0.25) is 0 Å². The molecular weight excluding hydrogens is 585 g/mol. The molecule has 1 atom stereocenters. The topological polar surface area (TPSA) is 96.9 Å². The fourth-order valence-corrected chi connectivity index (χ4v) is 6.85. The largest absolute Gasteiger partial charge is 0.493 e. The van der Waals surface area contributed by atoms with E-state index in [9.17, 15) is 9.59 Å². The predicted octanol–water partition coefficient (Wildman–Crippen LogP) is 4.73. The van der Waals surface area contributed by atoms with E-state index in [0.29, 0.717) is 37.7 Å². The second-order valence-electron chi connectivity index (χ2n) is 9.61. The van der Waals surface area contributed by atoms with Gasteiger partial charge < -0.3 is 14.2 Å². The van der Waals surface area contributed by atoms with Crippen LogP contribution in [0.5, 0.6) is 11.5 Å². The van der Waals surface area contributed by atoms with Gasteiger partial charge in [0.05, 0.1) is 53.2 Å². The first kappa shape index (κ1) is 28.4. The molecule has 0 aliphatic carbocycles. The van der Waals surface area contributed by atoms with Crippen molar-refractivity contribution >= 4 is 34.7 Å². The van der Waals surface area contributed by atoms with E-state index in [4.69, 9.17) is 24.3 Å². The van der Waals surface area contributed by atoms with Crippen molar-refractivity contribution in [3.63, 3.8) is 0 Å². The number of thiazole rings is 1. The number of esters is 1. The van der Waals surface area contributed by atoms with E-state index in [-0.39, 0.29) is 12.2 Å². The average Bonchev–Trinajstić information content (AvgIpc) is 3.77. The molecule has 2 aromatic carbocycles. The number of para-hydroxylation sites is 1. The van der Waals surface area contributed by atoms with Crippen LogP contribution in [0.25, 0.3) is 22.3 Å². The molecule has 3 aromatic heterocycles. The fourth-order valence-electron chi connectivity index (χ4n) is 5.08. The Morgan fingerprint density at radius 2 is 1.84 bits per heavy atom. The third-order valence-electron chi connectivity index (χ3n) is 7.04. The number of methoxy groups -OCH3 is 2. The number of benzene rings is 2. The third kappa shape index (κ3) is 5.21. The SMILES string of the molecule is CCOC(=O)C1=C(C)N=c2s/c(=C/c3cn(-c4ccccc4)nc3-c3cccs3)c(=O)n2[C@@H]1c1ccc(OC)c(OC)c1. The van der Waals surface area contributed by atoms with Gasteiger partial charge in [0.25, 0.3) is 5.56 Å². The van der Waals surface area contributed by atoms with Crippen molar-refractivity contribution in [1.29, 1.82) is 0 Å². The number of nitrogens with zero attached hydrogens (tertiary/aromatic N) is 4. The lowest BCUT2D eigenvalue weighted by atomic mass is 9.95. The van der Waals surface area contributed by atoms with Crippen molar-refractivity contribution in [3.8, 4) is 27.8 Å². The maximum atomic E-state index is 14.2. The summed E-state index contributed by atoms with van der Waals surface area (Å²) in [6, 6.07) is 18.4. The first-order valence-corrected chi connectivity index (χ1v) is 15.2. The Bertz CT molecular complexity index is 2020. The maximum Gasteiger partial charge on any atom is 0.338 e. The van der Waals surface area contributed by atoms with Gasteiger partial charge >= 0.3 is 5.97 Å². The quantitative estimate of drug-likeness (QED) is 0.235. The highest BCUT2D eigenvalue weighted by atomic mass is 32.1. The van der Waals surface area contributed by atoms with Crippen molar-refractivity contribution < 1.29 is 19.0 Å². The lowest BCUT2D eigenvalue weighted by Gasteiger charge is -2.25. The number of hydrogen-bond acceptors (Lipinski definition) is 9. The lowest BCUT2D eigenvalue weighted by molar-refractivity contribution is -0.139. The van der Waals surface area contributed by atoms with Gasteiger partial charge in [-0.3, -0.25) is 9.36 Å². The van der Waals surface area contributed by atoms with Crippen LogP contribution in [0.4, 0.5) is 0 Å². The van der Waals surface area contributed by atoms with Crippen molar-refractivity contribution in [1.82, 2.24) is 14.3 Å². The van der Waals surface area contributed by atoms with Crippen LogP contribution in [-0.4, -0.2) is 41.1 Å².